The summed E-state index contributed by atoms with van der Waals surface area (Å²) in [5.74, 6) is 2.58. The maximum Gasteiger partial charge on any atom is 0.495 e. The van der Waals surface area contributed by atoms with Crippen LogP contribution in [0.15, 0.2) is 12.3 Å². The van der Waals surface area contributed by atoms with Gasteiger partial charge in [0.05, 0.1) is 11.2 Å². The monoisotopic (exact) mass is 243 g/mol. The van der Waals surface area contributed by atoms with E-state index in [-0.39, 0.29) is 18.3 Å². The first kappa shape index (κ1) is 13.1. The normalized spacial score (nSPS) is 20.8. The molecule has 3 nitrogen and oxygen atoms in total. The van der Waals surface area contributed by atoms with Crippen molar-refractivity contribution in [2.75, 3.05) is 0 Å². The van der Waals surface area contributed by atoms with Gasteiger partial charge in [-0.2, -0.15) is 0 Å². The Morgan fingerprint density at radius 1 is 1.22 bits per heavy atom. The van der Waals surface area contributed by atoms with Gasteiger partial charge in [-0.3, -0.25) is 0 Å². The Morgan fingerprint density at radius 2 is 1.78 bits per heavy atom. The van der Waals surface area contributed by atoms with Gasteiger partial charge < -0.3 is 9.31 Å². The Bertz CT molecular complexity index is 501. The minimum atomic E-state index is -0.384. The van der Waals surface area contributed by atoms with Crippen LogP contribution in [0.4, 0.5) is 0 Å². The third kappa shape index (κ3) is 1.94. The molecule has 0 spiro atoms. The summed E-state index contributed by atoms with van der Waals surface area (Å²) in [4.78, 5) is 4.15. The molecule has 4 heteroatoms. The number of aromatic nitrogens is 1. The number of rotatable bonds is 1. The van der Waals surface area contributed by atoms with Crippen molar-refractivity contribution in [2.24, 2.45) is 0 Å². The molecule has 1 aliphatic rings. The largest absolute Gasteiger partial charge is 0.495 e. The van der Waals surface area contributed by atoms with Crippen molar-refractivity contribution in [3.05, 3.63) is 23.5 Å². The zero-order valence-electron chi connectivity index (χ0n) is 11.6. The summed E-state index contributed by atoms with van der Waals surface area (Å²) < 4.78 is 12.0. The predicted molar refractivity (Wildman–Crippen MR) is 72.6 cm³/mol. The Kier molecular flexibility index (Phi) is 3.00. The lowest BCUT2D eigenvalue weighted by Crippen LogP contribution is -2.41. The summed E-state index contributed by atoms with van der Waals surface area (Å²) in [6.07, 6.45) is 7.13. The summed E-state index contributed by atoms with van der Waals surface area (Å²) in [5.41, 5.74) is 1.85. The van der Waals surface area contributed by atoms with Gasteiger partial charge in [0.25, 0.3) is 0 Å². The van der Waals surface area contributed by atoms with Gasteiger partial charge in [0.15, 0.2) is 0 Å². The van der Waals surface area contributed by atoms with E-state index >= 15 is 0 Å². The van der Waals surface area contributed by atoms with Crippen LogP contribution in [0.3, 0.4) is 0 Å². The van der Waals surface area contributed by atoms with Crippen LogP contribution >= 0.6 is 0 Å². The minimum absolute atomic E-state index is 0.344. The first-order valence-electron chi connectivity index (χ1n) is 6.06. The summed E-state index contributed by atoms with van der Waals surface area (Å²) >= 11 is 0. The molecular weight excluding hydrogens is 225 g/mol. The van der Waals surface area contributed by atoms with Gasteiger partial charge in [0.1, 0.15) is 5.69 Å². The minimum Gasteiger partial charge on any atom is -0.399 e. The molecule has 2 heterocycles. The Hall–Kier alpha value is -1.31. The van der Waals surface area contributed by atoms with Gasteiger partial charge in [-0.1, -0.05) is 5.92 Å². The topological polar surface area (TPSA) is 31.4 Å². The van der Waals surface area contributed by atoms with Gasteiger partial charge in [0.2, 0.25) is 0 Å². The molecule has 94 valence electrons. The number of pyridine rings is 1. The van der Waals surface area contributed by atoms with Crippen molar-refractivity contribution >= 4 is 12.6 Å². The van der Waals surface area contributed by atoms with Crippen LogP contribution in [0.25, 0.3) is 0 Å². The van der Waals surface area contributed by atoms with Crippen LogP contribution in [0.2, 0.25) is 0 Å². The van der Waals surface area contributed by atoms with Crippen molar-refractivity contribution in [3.8, 4) is 12.3 Å². The van der Waals surface area contributed by atoms with Crippen LogP contribution in [0, 0.1) is 19.3 Å². The van der Waals surface area contributed by atoms with E-state index < -0.39 is 0 Å². The molecule has 0 N–H and O–H groups in total. The van der Waals surface area contributed by atoms with Crippen molar-refractivity contribution in [3.63, 3.8) is 0 Å². The summed E-state index contributed by atoms with van der Waals surface area (Å²) in [6, 6.07) is 1.90. The van der Waals surface area contributed by atoms with E-state index in [1.807, 2.05) is 40.7 Å². The Labute approximate surface area is 109 Å². The third-order valence-electron chi connectivity index (χ3n) is 3.89. The number of hydrogen-bond acceptors (Lipinski definition) is 3. The van der Waals surface area contributed by atoms with Crippen molar-refractivity contribution in [1.82, 2.24) is 4.98 Å². The molecule has 0 aromatic carbocycles. The molecule has 1 aromatic rings. The molecule has 0 amide bonds. The first-order valence-corrected chi connectivity index (χ1v) is 6.06. The van der Waals surface area contributed by atoms with Crippen LogP contribution in [0.5, 0.6) is 0 Å². The van der Waals surface area contributed by atoms with Gasteiger partial charge in [-0.25, -0.2) is 4.98 Å². The van der Waals surface area contributed by atoms with E-state index in [2.05, 4.69) is 10.9 Å². The van der Waals surface area contributed by atoms with E-state index in [0.717, 1.165) is 11.0 Å². The molecule has 2 rings (SSSR count). The smallest absolute Gasteiger partial charge is 0.399 e. The van der Waals surface area contributed by atoms with Gasteiger partial charge in [-0.15, -0.1) is 6.42 Å². The molecule has 0 bridgehead atoms. The standard InChI is InChI=1S/C14H18BNO2/c1-7-12-10(2)11(8-9-16-12)15-17-13(3,4)14(5,6)18-15/h1,8-9H,2-6H3. The number of hydrogen-bond donors (Lipinski definition) is 0. The SMILES string of the molecule is C#Cc1nccc(B2OC(C)(C)C(C)(C)O2)c1C. The van der Waals surface area contributed by atoms with Gasteiger partial charge in [0, 0.05) is 6.20 Å². The summed E-state index contributed by atoms with van der Waals surface area (Å²) in [6.45, 7) is 10.1. The first-order chi connectivity index (χ1) is 8.28. The molecular formula is C14H18BNO2. The molecule has 1 aliphatic heterocycles. The zero-order valence-corrected chi connectivity index (χ0v) is 11.6. The van der Waals surface area contributed by atoms with E-state index in [9.17, 15) is 0 Å². The molecule has 0 radical (unpaired) electrons. The fourth-order valence-corrected chi connectivity index (χ4v) is 1.92. The highest BCUT2D eigenvalue weighted by Gasteiger charge is 2.52. The number of terminal acetylenes is 1. The molecule has 0 atom stereocenters. The Balaban J connectivity index is 2.39. The highest BCUT2D eigenvalue weighted by molar-refractivity contribution is 6.62. The molecule has 1 aromatic heterocycles. The summed E-state index contributed by atoms with van der Waals surface area (Å²) in [5, 5.41) is 0. The zero-order chi connectivity index (χ0) is 13.6. The van der Waals surface area contributed by atoms with E-state index in [4.69, 9.17) is 15.7 Å². The maximum absolute atomic E-state index is 6.01. The average Bonchev–Trinajstić information content (AvgIpc) is 2.48. The van der Waals surface area contributed by atoms with E-state index in [0.29, 0.717) is 5.69 Å². The predicted octanol–water partition coefficient (Wildman–Crippen LogP) is 1.67. The van der Waals surface area contributed by atoms with Crippen molar-refractivity contribution < 1.29 is 9.31 Å². The summed E-state index contributed by atoms with van der Waals surface area (Å²) in [7, 11) is -0.384. The van der Waals surface area contributed by atoms with Gasteiger partial charge >= 0.3 is 7.12 Å². The maximum atomic E-state index is 6.01. The lowest BCUT2D eigenvalue weighted by molar-refractivity contribution is 0.00578. The molecule has 0 saturated carbocycles. The molecule has 0 aliphatic carbocycles. The molecule has 1 saturated heterocycles. The quantitative estimate of drug-likeness (QED) is 0.555. The highest BCUT2D eigenvalue weighted by atomic mass is 16.7. The lowest BCUT2D eigenvalue weighted by Gasteiger charge is -2.32. The second-order valence-corrected chi connectivity index (χ2v) is 5.61. The molecule has 1 fully saturated rings. The van der Waals surface area contributed by atoms with Crippen LogP contribution in [0.1, 0.15) is 39.0 Å². The van der Waals surface area contributed by atoms with Crippen LogP contribution in [-0.2, 0) is 9.31 Å². The fourth-order valence-electron chi connectivity index (χ4n) is 1.92. The fraction of sp³-hybridized carbons (Fsp3) is 0.500. The van der Waals surface area contributed by atoms with Crippen LogP contribution in [-0.4, -0.2) is 23.3 Å². The van der Waals surface area contributed by atoms with E-state index in [1.165, 1.54) is 0 Å². The molecule has 0 unspecified atom stereocenters. The highest BCUT2D eigenvalue weighted by Crippen LogP contribution is 2.36. The average molecular weight is 243 g/mol. The third-order valence-corrected chi connectivity index (χ3v) is 3.89. The second kappa shape index (κ2) is 4.12. The van der Waals surface area contributed by atoms with Crippen LogP contribution < -0.4 is 5.46 Å². The second-order valence-electron chi connectivity index (χ2n) is 5.61. The van der Waals surface area contributed by atoms with Gasteiger partial charge in [-0.05, 0) is 51.7 Å². The molecule has 18 heavy (non-hydrogen) atoms. The van der Waals surface area contributed by atoms with Crippen molar-refractivity contribution in [1.29, 1.82) is 0 Å². The lowest BCUT2D eigenvalue weighted by atomic mass is 9.76. The van der Waals surface area contributed by atoms with Crippen molar-refractivity contribution in [2.45, 2.75) is 45.8 Å². The Morgan fingerprint density at radius 3 is 2.28 bits per heavy atom. The van der Waals surface area contributed by atoms with E-state index in [1.54, 1.807) is 6.20 Å². The number of nitrogens with zero attached hydrogens (tertiary/aromatic N) is 1.